The maximum absolute atomic E-state index is 5.82. The molecule has 0 aliphatic heterocycles. The molecule has 0 spiro atoms. The Morgan fingerprint density at radius 1 is 1.24 bits per heavy atom. The van der Waals surface area contributed by atoms with Crippen molar-refractivity contribution in [3.05, 3.63) is 40.6 Å². The molecule has 90 valence electrons. The minimum absolute atomic E-state index is 0.491. The molecule has 0 atom stereocenters. The van der Waals surface area contributed by atoms with Gasteiger partial charge in [-0.15, -0.1) is 0 Å². The summed E-state index contributed by atoms with van der Waals surface area (Å²) >= 11 is 0. The molecule has 0 unspecified atom stereocenters. The Kier molecular flexibility index (Phi) is 2.98. The smallest absolute Gasteiger partial charge is 0.143 e. The van der Waals surface area contributed by atoms with Gasteiger partial charge in [0.05, 0.1) is 5.69 Å². The molecule has 0 amide bonds. The van der Waals surface area contributed by atoms with E-state index in [0.717, 1.165) is 28.5 Å². The van der Waals surface area contributed by atoms with Crippen LogP contribution in [0.2, 0.25) is 0 Å². The second kappa shape index (κ2) is 4.30. The van der Waals surface area contributed by atoms with E-state index in [-0.39, 0.29) is 0 Å². The number of nitrogens with two attached hydrogens (primary N) is 1. The van der Waals surface area contributed by atoms with Gasteiger partial charge < -0.3 is 5.73 Å². The summed E-state index contributed by atoms with van der Waals surface area (Å²) in [5.74, 6) is 0.906. The zero-order chi connectivity index (χ0) is 12.6. The van der Waals surface area contributed by atoms with E-state index in [2.05, 4.69) is 23.0 Å². The predicted molar refractivity (Wildman–Crippen MR) is 68.2 cm³/mol. The molecule has 4 nitrogen and oxygen atoms in total. The molecule has 2 heterocycles. The van der Waals surface area contributed by atoms with E-state index in [4.69, 9.17) is 5.73 Å². The van der Waals surface area contributed by atoms with Crippen molar-refractivity contribution in [2.75, 3.05) is 0 Å². The highest BCUT2D eigenvalue weighted by Gasteiger charge is 2.12. The second-order valence-corrected chi connectivity index (χ2v) is 4.37. The summed E-state index contributed by atoms with van der Waals surface area (Å²) in [5.41, 5.74) is 11.2. The summed E-state index contributed by atoms with van der Waals surface area (Å²) in [6.07, 6.45) is 1.81. The van der Waals surface area contributed by atoms with Gasteiger partial charge in [0, 0.05) is 23.5 Å². The molecular formula is C13H18N4. The highest BCUT2D eigenvalue weighted by atomic mass is 15.1. The predicted octanol–water partition coefficient (Wildman–Crippen LogP) is 1.96. The van der Waals surface area contributed by atoms with Crippen LogP contribution in [0.4, 0.5) is 0 Å². The number of nitrogens with zero attached hydrogens (tertiary/aromatic N) is 3. The number of aromatic nitrogens is 3. The molecule has 0 bridgehead atoms. The van der Waals surface area contributed by atoms with Gasteiger partial charge >= 0.3 is 0 Å². The quantitative estimate of drug-likeness (QED) is 0.858. The van der Waals surface area contributed by atoms with Gasteiger partial charge in [-0.05, 0) is 39.3 Å². The molecule has 2 rings (SSSR count). The van der Waals surface area contributed by atoms with Crippen LogP contribution in [0, 0.1) is 27.7 Å². The van der Waals surface area contributed by atoms with Gasteiger partial charge in [-0.1, -0.05) is 0 Å². The fourth-order valence-electron chi connectivity index (χ4n) is 2.01. The fraction of sp³-hybridized carbons (Fsp3) is 0.385. The molecule has 0 aliphatic carbocycles. The Hall–Kier alpha value is -1.68. The molecular weight excluding hydrogens is 212 g/mol. The van der Waals surface area contributed by atoms with Crippen LogP contribution in [0.5, 0.6) is 0 Å². The Labute approximate surface area is 102 Å². The summed E-state index contributed by atoms with van der Waals surface area (Å²) in [6.45, 7) is 8.60. The number of imidazole rings is 1. The lowest BCUT2D eigenvalue weighted by molar-refractivity contribution is 0.886. The van der Waals surface area contributed by atoms with Crippen molar-refractivity contribution in [2.24, 2.45) is 5.73 Å². The number of pyridine rings is 1. The van der Waals surface area contributed by atoms with E-state index in [1.54, 1.807) is 0 Å². The van der Waals surface area contributed by atoms with E-state index < -0.39 is 0 Å². The van der Waals surface area contributed by atoms with Crippen LogP contribution in [0.1, 0.15) is 28.2 Å². The van der Waals surface area contributed by atoms with Crippen molar-refractivity contribution in [1.29, 1.82) is 0 Å². The number of hydrogen-bond donors (Lipinski definition) is 1. The van der Waals surface area contributed by atoms with E-state index in [1.165, 1.54) is 5.56 Å². The van der Waals surface area contributed by atoms with E-state index in [1.807, 2.05) is 31.7 Å². The first-order valence-corrected chi connectivity index (χ1v) is 5.72. The Morgan fingerprint density at radius 3 is 2.47 bits per heavy atom. The normalized spacial score (nSPS) is 10.9. The van der Waals surface area contributed by atoms with Crippen molar-refractivity contribution >= 4 is 0 Å². The second-order valence-electron chi connectivity index (χ2n) is 4.37. The average Bonchev–Trinajstić information content (AvgIpc) is 2.59. The molecule has 17 heavy (non-hydrogen) atoms. The maximum atomic E-state index is 5.82. The first-order chi connectivity index (χ1) is 8.04. The first-order valence-electron chi connectivity index (χ1n) is 5.72. The van der Waals surface area contributed by atoms with Gasteiger partial charge in [0.25, 0.3) is 0 Å². The standard InChI is InChI=1S/C13H18N4/c1-8-5-9(2)16-13(12(8)6-14)17-7-15-10(3)11(17)4/h5,7H,6,14H2,1-4H3. The molecule has 4 heteroatoms. The maximum Gasteiger partial charge on any atom is 0.143 e. The SMILES string of the molecule is Cc1cc(C)c(CN)c(-n2cnc(C)c2C)n1. The largest absolute Gasteiger partial charge is 0.326 e. The number of rotatable bonds is 2. The van der Waals surface area contributed by atoms with E-state index in [9.17, 15) is 0 Å². The lowest BCUT2D eigenvalue weighted by atomic mass is 10.1. The van der Waals surface area contributed by atoms with Crippen molar-refractivity contribution < 1.29 is 0 Å². The van der Waals surface area contributed by atoms with Crippen LogP contribution in [0.25, 0.3) is 5.82 Å². The monoisotopic (exact) mass is 230 g/mol. The van der Waals surface area contributed by atoms with Crippen molar-refractivity contribution in [3.63, 3.8) is 0 Å². The topological polar surface area (TPSA) is 56.7 Å². The van der Waals surface area contributed by atoms with E-state index >= 15 is 0 Å². The van der Waals surface area contributed by atoms with Gasteiger partial charge in [0.1, 0.15) is 12.1 Å². The third-order valence-corrected chi connectivity index (χ3v) is 3.14. The van der Waals surface area contributed by atoms with Gasteiger partial charge in [0.2, 0.25) is 0 Å². The Bertz CT molecular complexity index is 555. The van der Waals surface area contributed by atoms with Gasteiger partial charge in [0.15, 0.2) is 0 Å². The molecule has 2 aromatic rings. The molecule has 0 aromatic carbocycles. The van der Waals surface area contributed by atoms with Crippen molar-refractivity contribution in [2.45, 2.75) is 34.2 Å². The Morgan fingerprint density at radius 2 is 1.94 bits per heavy atom. The lowest BCUT2D eigenvalue weighted by Gasteiger charge is -2.13. The Balaban J connectivity index is 2.70. The minimum atomic E-state index is 0.491. The van der Waals surface area contributed by atoms with E-state index in [0.29, 0.717) is 6.54 Å². The molecule has 0 aliphatic rings. The summed E-state index contributed by atoms with van der Waals surface area (Å²) in [5, 5.41) is 0. The van der Waals surface area contributed by atoms with Gasteiger partial charge in [-0.3, -0.25) is 4.57 Å². The summed E-state index contributed by atoms with van der Waals surface area (Å²) in [7, 11) is 0. The van der Waals surface area contributed by atoms with Gasteiger partial charge in [-0.2, -0.15) is 0 Å². The first kappa shape index (κ1) is 11.8. The van der Waals surface area contributed by atoms with Crippen molar-refractivity contribution in [3.8, 4) is 5.82 Å². The van der Waals surface area contributed by atoms with Crippen LogP contribution in [0.15, 0.2) is 12.4 Å². The molecule has 0 saturated heterocycles. The third-order valence-electron chi connectivity index (χ3n) is 3.14. The van der Waals surface area contributed by atoms with Crippen LogP contribution in [-0.2, 0) is 6.54 Å². The zero-order valence-corrected chi connectivity index (χ0v) is 10.8. The number of hydrogen-bond acceptors (Lipinski definition) is 3. The molecule has 2 aromatic heterocycles. The molecule has 2 N–H and O–H groups in total. The van der Waals surface area contributed by atoms with Crippen LogP contribution in [0.3, 0.4) is 0 Å². The van der Waals surface area contributed by atoms with Crippen LogP contribution in [-0.4, -0.2) is 14.5 Å². The number of aryl methyl sites for hydroxylation is 3. The summed E-state index contributed by atoms with van der Waals surface area (Å²) in [6, 6.07) is 2.06. The average molecular weight is 230 g/mol. The third kappa shape index (κ3) is 1.96. The zero-order valence-electron chi connectivity index (χ0n) is 10.8. The fourth-order valence-corrected chi connectivity index (χ4v) is 2.01. The lowest BCUT2D eigenvalue weighted by Crippen LogP contribution is -2.10. The summed E-state index contributed by atoms with van der Waals surface area (Å²) < 4.78 is 2.01. The molecule has 0 radical (unpaired) electrons. The van der Waals surface area contributed by atoms with Gasteiger partial charge in [-0.25, -0.2) is 9.97 Å². The van der Waals surface area contributed by atoms with Crippen molar-refractivity contribution in [1.82, 2.24) is 14.5 Å². The molecule has 0 saturated carbocycles. The van der Waals surface area contributed by atoms with Crippen LogP contribution < -0.4 is 5.73 Å². The summed E-state index contributed by atoms with van der Waals surface area (Å²) in [4.78, 5) is 8.90. The highest BCUT2D eigenvalue weighted by Crippen LogP contribution is 2.19. The minimum Gasteiger partial charge on any atom is -0.326 e. The van der Waals surface area contributed by atoms with Crippen LogP contribution >= 0.6 is 0 Å². The molecule has 0 fully saturated rings. The highest BCUT2D eigenvalue weighted by molar-refractivity contribution is 5.42.